The maximum absolute atomic E-state index is 15.7. The number of nitrogens with zero attached hydrogens (tertiary/aromatic N) is 3. The number of nitrogens with one attached hydrogen (secondary N) is 1. The maximum atomic E-state index is 15.7. The van der Waals surface area contributed by atoms with Crippen molar-refractivity contribution in [2.24, 2.45) is 0 Å². The molecule has 0 bridgehead atoms. The van der Waals surface area contributed by atoms with E-state index in [1.54, 1.807) is 20.8 Å². The number of halogens is 3. The van der Waals surface area contributed by atoms with Gasteiger partial charge in [-0.1, -0.05) is 24.3 Å². The van der Waals surface area contributed by atoms with E-state index in [1.165, 1.54) is 16.5 Å². The van der Waals surface area contributed by atoms with E-state index >= 15 is 8.78 Å². The van der Waals surface area contributed by atoms with E-state index in [9.17, 15) is 13.2 Å². The quantitative estimate of drug-likeness (QED) is 0.303. The van der Waals surface area contributed by atoms with Gasteiger partial charge in [0, 0.05) is 11.4 Å². The Morgan fingerprint density at radius 3 is 2.51 bits per heavy atom. The molecule has 2 heterocycles. The zero-order valence-corrected chi connectivity index (χ0v) is 24.7. The van der Waals surface area contributed by atoms with Crippen LogP contribution < -0.4 is 9.62 Å². The monoisotopic (exact) mass is 640 g/mol. The third-order valence-electron chi connectivity index (χ3n) is 6.65. The molecule has 39 heavy (non-hydrogen) atoms. The second kappa shape index (κ2) is 10.4. The van der Waals surface area contributed by atoms with Crippen LogP contribution in [0.2, 0.25) is 0 Å². The number of rotatable bonds is 6. The zero-order chi connectivity index (χ0) is 28.1. The van der Waals surface area contributed by atoms with Gasteiger partial charge in [0.05, 0.1) is 21.7 Å². The Morgan fingerprint density at radius 1 is 1.23 bits per heavy atom. The van der Waals surface area contributed by atoms with Crippen molar-refractivity contribution >= 4 is 54.9 Å². The molecule has 0 saturated carbocycles. The highest BCUT2D eigenvalue weighted by Crippen LogP contribution is 2.46. The summed E-state index contributed by atoms with van der Waals surface area (Å²) in [5.74, 6) is -3.05. The Bertz CT molecular complexity index is 1510. The Labute approximate surface area is 238 Å². The largest absolute Gasteiger partial charge is 0.443 e. The van der Waals surface area contributed by atoms with Gasteiger partial charge in [-0.15, -0.1) is 15.6 Å². The lowest BCUT2D eigenvalue weighted by molar-refractivity contribution is 0.0608. The predicted octanol–water partition coefficient (Wildman–Crippen LogP) is 6.62. The average molecular weight is 642 g/mol. The number of benzene rings is 2. The smallest absolute Gasteiger partial charge is 0.430 e. The molecule has 1 saturated heterocycles. The molecule has 8 nitrogen and oxygen atoms in total. The van der Waals surface area contributed by atoms with E-state index in [1.807, 2.05) is 18.2 Å². The molecular formula is C26H27BrF2N4O4S2. The maximum Gasteiger partial charge on any atom is 0.430 e. The number of hydrogen-bond donors (Lipinski definition) is 1. The number of carbonyl (C=O) groups excluding carboxylic acids is 1. The fraction of sp³-hybridized carbons (Fsp3) is 0.385. The molecule has 1 amide bonds. The Balaban J connectivity index is 1.50. The molecule has 2 aliphatic rings. The fourth-order valence-electron chi connectivity index (χ4n) is 4.87. The van der Waals surface area contributed by atoms with Crippen molar-refractivity contribution < 1.29 is 26.7 Å². The topological polar surface area (TPSA) is 91.8 Å². The molecule has 1 aliphatic heterocycles. The van der Waals surface area contributed by atoms with Gasteiger partial charge in [-0.05, 0) is 79.8 Å². The van der Waals surface area contributed by atoms with Gasteiger partial charge in [0.15, 0.2) is 16.5 Å². The van der Waals surface area contributed by atoms with Crippen molar-refractivity contribution in [2.75, 3.05) is 22.7 Å². The van der Waals surface area contributed by atoms with E-state index < -0.39 is 38.2 Å². The van der Waals surface area contributed by atoms with Crippen molar-refractivity contribution in [2.45, 2.75) is 56.2 Å². The van der Waals surface area contributed by atoms with Gasteiger partial charge < -0.3 is 10.1 Å². The zero-order valence-electron chi connectivity index (χ0n) is 21.4. The molecule has 1 N–H and O–H groups in total. The van der Waals surface area contributed by atoms with Gasteiger partial charge in [0.1, 0.15) is 11.4 Å². The van der Waals surface area contributed by atoms with Crippen LogP contribution in [0.1, 0.15) is 56.8 Å². The molecule has 1 aliphatic carbocycles. The lowest BCUT2D eigenvalue weighted by Gasteiger charge is -2.37. The molecule has 2 aromatic carbocycles. The summed E-state index contributed by atoms with van der Waals surface area (Å²) in [4.78, 5) is 17.9. The van der Waals surface area contributed by atoms with Crippen LogP contribution in [0.25, 0.3) is 0 Å². The van der Waals surface area contributed by atoms with Gasteiger partial charge >= 0.3 is 6.09 Å². The first-order chi connectivity index (χ1) is 18.4. The number of hydrogen-bond acceptors (Lipinski definition) is 8. The summed E-state index contributed by atoms with van der Waals surface area (Å²) in [7, 11) is -5.10. The molecule has 0 unspecified atom stereocenters. The third kappa shape index (κ3) is 5.29. The number of aromatic nitrogens is 1. The molecule has 0 spiro atoms. The van der Waals surface area contributed by atoms with Crippen LogP contribution in [0.4, 0.5) is 25.1 Å². The molecule has 3 aromatic rings. The number of carbonyl (C=O) groups is 1. The number of ether oxygens (including phenoxy) is 1. The van der Waals surface area contributed by atoms with Crippen molar-refractivity contribution in [1.82, 2.24) is 9.88 Å². The summed E-state index contributed by atoms with van der Waals surface area (Å²) >= 11 is 4.14. The molecule has 13 heteroatoms. The minimum absolute atomic E-state index is 0.0606. The summed E-state index contributed by atoms with van der Waals surface area (Å²) in [5, 5.41) is 4.48. The van der Waals surface area contributed by atoms with Crippen molar-refractivity contribution in [3.05, 3.63) is 68.5 Å². The van der Waals surface area contributed by atoms with Crippen molar-refractivity contribution in [3.63, 3.8) is 0 Å². The number of anilines is 2. The van der Waals surface area contributed by atoms with Crippen LogP contribution in [-0.4, -0.2) is 43.1 Å². The number of amides is 1. The Kier molecular flexibility index (Phi) is 7.46. The Morgan fingerprint density at radius 2 is 1.92 bits per heavy atom. The highest BCUT2D eigenvalue weighted by atomic mass is 79.9. The van der Waals surface area contributed by atoms with Crippen LogP contribution >= 0.6 is 27.3 Å². The first kappa shape index (κ1) is 27.9. The van der Waals surface area contributed by atoms with Crippen molar-refractivity contribution in [1.29, 1.82) is 0 Å². The summed E-state index contributed by atoms with van der Waals surface area (Å²) in [6, 6.07) is 8.82. The lowest BCUT2D eigenvalue weighted by atomic mass is 10.0. The van der Waals surface area contributed by atoms with Crippen LogP contribution in [0, 0.1) is 11.6 Å². The molecule has 2 atom stereocenters. The highest BCUT2D eigenvalue weighted by molar-refractivity contribution is 9.10. The van der Waals surface area contributed by atoms with E-state index in [4.69, 9.17) is 4.74 Å². The number of sulfonamides is 1. The second-order valence-electron chi connectivity index (χ2n) is 10.4. The summed E-state index contributed by atoms with van der Waals surface area (Å²) in [5.41, 5.74) is 2.48. The molecule has 1 aromatic heterocycles. The molecule has 0 radical (unpaired) electrons. The minimum Gasteiger partial charge on any atom is -0.443 e. The summed E-state index contributed by atoms with van der Waals surface area (Å²) in [6.45, 7) is 6.63. The fourth-order valence-corrected chi connectivity index (χ4v) is 7.41. The molecule has 5 rings (SSSR count). The van der Waals surface area contributed by atoms with Gasteiger partial charge in [-0.25, -0.2) is 27.0 Å². The number of thiazole rings is 1. The van der Waals surface area contributed by atoms with Crippen LogP contribution in [0.3, 0.4) is 0 Å². The normalized spacial score (nSPS) is 19.3. The predicted molar refractivity (Wildman–Crippen MR) is 148 cm³/mol. The van der Waals surface area contributed by atoms with E-state index in [0.29, 0.717) is 6.42 Å². The molecular weight excluding hydrogens is 614 g/mol. The third-order valence-corrected chi connectivity index (χ3v) is 9.71. The van der Waals surface area contributed by atoms with Crippen LogP contribution in [0.5, 0.6) is 0 Å². The van der Waals surface area contributed by atoms with Gasteiger partial charge in [0.2, 0.25) is 0 Å². The summed E-state index contributed by atoms with van der Waals surface area (Å²) < 4.78 is 63.6. The van der Waals surface area contributed by atoms with E-state index in [0.717, 1.165) is 42.5 Å². The van der Waals surface area contributed by atoms with Gasteiger partial charge in [-0.2, -0.15) is 0 Å². The molecule has 1 fully saturated rings. The highest BCUT2D eigenvalue weighted by Gasteiger charge is 2.41. The first-order valence-corrected chi connectivity index (χ1v) is 15.5. The first-order valence-electron chi connectivity index (χ1n) is 12.3. The van der Waals surface area contributed by atoms with Crippen LogP contribution in [-0.2, 0) is 14.8 Å². The number of likely N-dealkylation sites (tertiary alicyclic amines) is 1. The molecule has 208 valence electrons. The second-order valence-corrected chi connectivity index (χ2v) is 13.7. The van der Waals surface area contributed by atoms with E-state index in [2.05, 4.69) is 37.2 Å². The van der Waals surface area contributed by atoms with Crippen molar-refractivity contribution in [3.8, 4) is 0 Å². The SMILES string of the molecule is CC(C)(C)OC(=O)N(c1cscn1)S(=O)(=O)c1c(F)cc(N[C@@H]2C[C@H](N3CCC3)c3ccccc32)c(Br)c1F. The summed E-state index contributed by atoms with van der Waals surface area (Å²) in [6.07, 6.45) is 0.506. The van der Waals surface area contributed by atoms with Gasteiger partial charge in [-0.3, -0.25) is 4.90 Å². The van der Waals surface area contributed by atoms with Gasteiger partial charge in [0.25, 0.3) is 10.0 Å². The standard InChI is InChI=1S/C26H27BrF2N4O4S2/c1-26(2,3)37-25(34)33(21-13-38-14-30-21)39(35,36)24-17(28)11-19(22(27)23(24)29)31-18-12-20(32-9-6-10-32)16-8-5-4-7-15(16)18/h4-5,7-8,11,13-14,18,20,31H,6,9-10,12H2,1-3H3/t18-,20+/m1/s1. The minimum atomic E-state index is -5.10. The average Bonchev–Trinajstić information content (AvgIpc) is 3.44. The lowest BCUT2D eigenvalue weighted by Crippen LogP contribution is -2.42. The van der Waals surface area contributed by atoms with E-state index in [-0.39, 0.29) is 32.4 Å². The Hall–Kier alpha value is -2.61. The van der Waals surface area contributed by atoms with Crippen LogP contribution in [0.15, 0.2) is 50.6 Å². The number of fused-ring (bicyclic) bond motifs is 1.